The number of benzene rings is 6. The largest absolute Gasteiger partial charge is 0.310 e. The third kappa shape index (κ3) is 4.45. The highest BCUT2D eigenvalue weighted by molar-refractivity contribution is 5.96. The first-order chi connectivity index (χ1) is 26.4. The summed E-state index contributed by atoms with van der Waals surface area (Å²) in [6.45, 7) is 9.12. The Balaban J connectivity index is 1.24. The quantitative estimate of drug-likeness (QED) is 0.162. The minimum absolute atomic E-state index is 0.116. The van der Waals surface area contributed by atoms with E-state index in [0.29, 0.717) is 0 Å². The summed E-state index contributed by atoms with van der Waals surface area (Å²) in [6.07, 6.45) is 17.7. The molecule has 1 unspecified atom stereocenters. The molecule has 1 heteroatoms. The van der Waals surface area contributed by atoms with E-state index in [1.165, 1.54) is 78.0 Å². The van der Waals surface area contributed by atoms with Crippen LogP contribution in [0.4, 0.5) is 11.4 Å². The van der Waals surface area contributed by atoms with E-state index >= 15 is 0 Å². The summed E-state index contributed by atoms with van der Waals surface area (Å²) in [7, 11) is 0. The molecular formula is C53H43N. The number of fused-ring (bicyclic) bond motifs is 13. The van der Waals surface area contributed by atoms with Crippen LogP contribution in [0.2, 0.25) is 0 Å². The molecule has 0 radical (unpaired) electrons. The van der Waals surface area contributed by atoms with Crippen molar-refractivity contribution in [3.05, 3.63) is 227 Å². The molecular weight excluding hydrogens is 651 g/mol. The van der Waals surface area contributed by atoms with E-state index in [1.807, 2.05) is 0 Å². The fourth-order valence-electron chi connectivity index (χ4n) is 10.0. The number of rotatable bonds is 5. The molecule has 0 N–H and O–H groups in total. The molecule has 0 bridgehead atoms. The first kappa shape index (κ1) is 32.5. The number of hydrogen-bond acceptors (Lipinski definition) is 1. The molecule has 1 atom stereocenters. The van der Waals surface area contributed by atoms with Crippen molar-refractivity contribution in [1.29, 1.82) is 0 Å². The Hall–Kier alpha value is -6.18. The van der Waals surface area contributed by atoms with E-state index in [-0.39, 0.29) is 16.7 Å². The van der Waals surface area contributed by atoms with Gasteiger partial charge in [0.1, 0.15) is 0 Å². The molecule has 1 spiro atoms. The highest BCUT2D eigenvalue weighted by Gasteiger charge is 2.51. The minimum atomic E-state index is -0.371. The van der Waals surface area contributed by atoms with Gasteiger partial charge in [-0.15, -0.1) is 0 Å². The lowest BCUT2D eigenvalue weighted by atomic mass is 9.70. The zero-order valence-electron chi connectivity index (χ0n) is 31.3. The summed E-state index contributed by atoms with van der Waals surface area (Å²) in [5, 5.41) is 0. The van der Waals surface area contributed by atoms with Crippen molar-refractivity contribution >= 4 is 11.4 Å². The predicted octanol–water partition coefficient (Wildman–Crippen LogP) is 13.6. The Bertz CT molecular complexity index is 2630. The van der Waals surface area contributed by atoms with E-state index in [0.717, 1.165) is 11.4 Å². The van der Waals surface area contributed by atoms with Gasteiger partial charge < -0.3 is 4.90 Å². The Morgan fingerprint density at radius 1 is 0.537 bits per heavy atom. The summed E-state index contributed by atoms with van der Waals surface area (Å²) in [5.41, 5.74) is 20.4. The maximum absolute atomic E-state index is 2.51. The third-order valence-electron chi connectivity index (χ3n) is 12.4. The van der Waals surface area contributed by atoms with Crippen LogP contribution in [-0.4, -0.2) is 0 Å². The molecule has 4 aliphatic rings. The van der Waals surface area contributed by atoms with Crippen molar-refractivity contribution in [2.75, 3.05) is 4.90 Å². The fraction of sp³-hybridized carbons (Fsp3) is 0.132. The zero-order valence-corrected chi connectivity index (χ0v) is 31.3. The molecule has 1 nitrogen and oxygen atoms in total. The van der Waals surface area contributed by atoms with E-state index in [2.05, 4.69) is 215 Å². The summed E-state index contributed by atoms with van der Waals surface area (Å²) in [5.74, 6) is 0.253. The molecule has 6 aromatic carbocycles. The molecule has 0 saturated carbocycles. The Morgan fingerprint density at radius 2 is 1.06 bits per heavy atom. The van der Waals surface area contributed by atoms with Gasteiger partial charge in [0.05, 0.1) is 5.41 Å². The van der Waals surface area contributed by atoms with Crippen LogP contribution >= 0.6 is 0 Å². The van der Waals surface area contributed by atoms with Gasteiger partial charge in [-0.1, -0.05) is 172 Å². The van der Waals surface area contributed by atoms with Crippen LogP contribution in [0.5, 0.6) is 0 Å². The molecule has 0 fully saturated rings. The number of hydrogen-bond donors (Lipinski definition) is 0. The lowest BCUT2D eigenvalue weighted by Crippen LogP contribution is -2.26. The van der Waals surface area contributed by atoms with Gasteiger partial charge in [0.2, 0.25) is 0 Å². The van der Waals surface area contributed by atoms with Crippen molar-refractivity contribution in [3.8, 4) is 33.4 Å². The molecule has 6 aromatic rings. The molecule has 0 heterocycles. The summed E-state index contributed by atoms with van der Waals surface area (Å²) in [4.78, 5) is 2.51. The molecule has 10 rings (SSSR count). The second kappa shape index (κ2) is 12.2. The lowest BCUT2D eigenvalue weighted by Gasteiger charge is -2.33. The summed E-state index contributed by atoms with van der Waals surface area (Å²) >= 11 is 0. The number of nitrogens with zero attached hydrogens (tertiary/aromatic N) is 1. The Kier molecular flexibility index (Phi) is 7.33. The lowest BCUT2D eigenvalue weighted by molar-refractivity contribution is 0.660. The van der Waals surface area contributed by atoms with Crippen LogP contribution in [0.3, 0.4) is 0 Å². The maximum atomic E-state index is 2.51. The molecule has 0 amide bonds. The van der Waals surface area contributed by atoms with Gasteiger partial charge in [0.15, 0.2) is 0 Å². The van der Waals surface area contributed by atoms with Crippen LogP contribution in [0, 0.1) is 5.92 Å². The standard InChI is InChI=1S/C53H43N/c1-5-6-7-28-51(38-19-9-8-18-35(38)2)54(37-29-31-43-39-20-10-14-24-45(39)52(3,4)50(43)34-37)36-30-32-49-44(33-36)42-23-13-17-27-48(42)53(49)46-25-15-11-21-40(46)41-22-12-16-26-47(41)53/h5-35H,1-4H3/b6-5-,28-7-,51-38-. The normalized spacial score (nSPS) is 18.4. The first-order valence-corrected chi connectivity index (χ1v) is 19.3. The van der Waals surface area contributed by atoms with Gasteiger partial charge in [-0.05, 0) is 110 Å². The molecule has 0 aromatic heterocycles. The first-order valence-electron chi connectivity index (χ1n) is 19.3. The van der Waals surface area contributed by atoms with E-state index in [1.54, 1.807) is 0 Å². The predicted molar refractivity (Wildman–Crippen MR) is 227 cm³/mol. The van der Waals surface area contributed by atoms with Crippen molar-refractivity contribution in [3.63, 3.8) is 0 Å². The second-order valence-corrected chi connectivity index (χ2v) is 15.6. The van der Waals surface area contributed by atoms with Crippen molar-refractivity contribution < 1.29 is 0 Å². The summed E-state index contributed by atoms with van der Waals surface area (Å²) < 4.78 is 0. The van der Waals surface area contributed by atoms with Gasteiger partial charge in [-0.25, -0.2) is 0 Å². The van der Waals surface area contributed by atoms with Gasteiger partial charge in [-0.2, -0.15) is 0 Å². The van der Waals surface area contributed by atoms with E-state index < -0.39 is 0 Å². The highest BCUT2D eigenvalue weighted by Crippen LogP contribution is 2.63. The number of allylic oxidation sites excluding steroid dienone is 9. The van der Waals surface area contributed by atoms with Crippen LogP contribution in [0.15, 0.2) is 193 Å². The van der Waals surface area contributed by atoms with Gasteiger partial charge in [-0.3, -0.25) is 0 Å². The molecule has 0 aliphatic heterocycles. The monoisotopic (exact) mass is 693 g/mol. The van der Waals surface area contributed by atoms with Crippen molar-refractivity contribution in [1.82, 2.24) is 0 Å². The fourth-order valence-corrected chi connectivity index (χ4v) is 10.0. The van der Waals surface area contributed by atoms with Crippen LogP contribution < -0.4 is 4.90 Å². The average molecular weight is 694 g/mol. The van der Waals surface area contributed by atoms with Crippen LogP contribution in [-0.2, 0) is 10.8 Å². The number of anilines is 2. The minimum Gasteiger partial charge on any atom is -0.310 e. The van der Waals surface area contributed by atoms with Gasteiger partial charge in [0.25, 0.3) is 0 Å². The molecule has 260 valence electrons. The molecule has 4 aliphatic carbocycles. The van der Waals surface area contributed by atoms with Gasteiger partial charge >= 0.3 is 0 Å². The SMILES string of the molecule is C\C=C/C=C\C(=C1/C=CC=CC1C)N(c1ccc2c(c1)-c1ccccc1C21c2ccccc2-c2ccccc21)c1ccc2c(c1)C(C)(C)c1ccccc1-2. The third-order valence-corrected chi connectivity index (χ3v) is 12.4. The second-order valence-electron chi connectivity index (χ2n) is 15.6. The van der Waals surface area contributed by atoms with E-state index in [9.17, 15) is 0 Å². The van der Waals surface area contributed by atoms with E-state index in [4.69, 9.17) is 0 Å². The van der Waals surface area contributed by atoms with Crippen LogP contribution in [0.25, 0.3) is 33.4 Å². The van der Waals surface area contributed by atoms with Crippen molar-refractivity contribution in [2.45, 2.75) is 38.5 Å². The maximum Gasteiger partial charge on any atom is 0.0725 e. The highest BCUT2D eigenvalue weighted by atomic mass is 15.1. The smallest absolute Gasteiger partial charge is 0.0725 e. The van der Waals surface area contributed by atoms with Crippen LogP contribution in [0.1, 0.15) is 61.1 Å². The molecule has 0 saturated heterocycles. The summed E-state index contributed by atoms with van der Waals surface area (Å²) in [6, 6.07) is 50.5. The Morgan fingerprint density at radius 3 is 1.69 bits per heavy atom. The topological polar surface area (TPSA) is 3.24 Å². The average Bonchev–Trinajstić information content (AvgIpc) is 3.76. The zero-order chi connectivity index (χ0) is 36.6. The Labute approximate surface area is 319 Å². The van der Waals surface area contributed by atoms with Gasteiger partial charge in [0, 0.05) is 28.4 Å². The van der Waals surface area contributed by atoms with Crippen molar-refractivity contribution in [2.24, 2.45) is 5.92 Å². The molecule has 54 heavy (non-hydrogen) atoms.